The number of aliphatic carboxylic acids is 4. The number of halogens is 4. The molecule has 384 valence electrons. The molecule has 0 atom stereocenters. The lowest BCUT2D eigenvalue weighted by Crippen LogP contribution is -2.29. The van der Waals surface area contributed by atoms with Crippen LogP contribution < -0.4 is 0 Å². The van der Waals surface area contributed by atoms with Gasteiger partial charge in [-0.1, -0.05) is 88.0 Å². The van der Waals surface area contributed by atoms with Crippen molar-refractivity contribution in [1.29, 1.82) is 0 Å². The van der Waals surface area contributed by atoms with Crippen molar-refractivity contribution in [3.05, 3.63) is 135 Å². The van der Waals surface area contributed by atoms with E-state index in [2.05, 4.69) is 100 Å². The SMILES string of the molecule is O=C(O)CCC1(CCC(=O)O)C2=C(c3ccc(Br)cc31)C(CCC(=O)O)(CCC(=O)O)c1cc(Br)ccc12.OCCCC1(CCCO)C2=C(c3ccc(Br)cc31)C(CCCO)(CCCO)c1cc(Br)ccc12. The van der Waals surface area contributed by atoms with Gasteiger partial charge in [-0.05, 0) is 192 Å². The maximum absolute atomic E-state index is 11.8. The Balaban J connectivity index is 0.000000213. The van der Waals surface area contributed by atoms with Crippen LogP contribution >= 0.6 is 63.7 Å². The molecule has 4 aliphatic rings. The summed E-state index contributed by atoms with van der Waals surface area (Å²) in [6, 6.07) is 24.3. The quantitative estimate of drug-likeness (QED) is 0.0328. The number of aliphatic hydroxyl groups excluding tert-OH is 4. The van der Waals surface area contributed by atoms with Crippen LogP contribution in [0.25, 0.3) is 22.3 Å². The van der Waals surface area contributed by atoms with Crippen molar-refractivity contribution in [2.24, 2.45) is 0 Å². The second-order valence-electron chi connectivity index (χ2n) is 19.5. The third-order valence-corrected chi connectivity index (χ3v) is 17.6. The fourth-order valence-corrected chi connectivity index (χ4v) is 14.4. The van der Waals surface area contributed by atoms with Gasteiger partial charge in [-0.2, -0.15) is 0 Å². The molecule has 0 saturated heterocycles. The average Bonchev–Trinajstić information content (AvgIpc) is 3.98. The number of rotatable bonds is 24. The molecule has 4 aliphatic carbocycles. The Hall–Kier alpha value is -4.00. The van der Waals surface area contributed by atoms with E-state index in [0.29, 0.717) is 25.7 Å². The predicted octanol–water partition coefficient (Wildman–Crippen LogP) is 11.8. The van der Waals surface area contributed by atoms with E-state index in [0.717, 1.165) is 77.0 Å². The number of hydrogen-bond donors (Lipinski definition) is 8. The van der Waals surface area contributed by atoms with Gasteiger partial charge >= 0.3 is 23.9 Å². The summed E-state index contributed by atoms with van der Waals surface area (Å²) in [5.41, 5.74) is 9.78. The largest absolute Gasteiger partial charge is 0.481 e. The Labute approximate surface area is 452 Å². The summed E-state index contributed by atoms with van der Waals surface area (Å²) in [6.07, 6.45) is 5.68. The molecule has 0 radical (unpaired) electrons. The van der Waals surface area contributed by atoms with Gasteiger partial charge in [0.05, 0.1) is 0 Å². The lowest BCUT2D eigenvalue weighted by atomic mass is 9.67. The molecule has 8 N–H and O–H groups in total. The Morgan fingerprint density at radius 2 is 0.528 bits per heavy atom. The second-order valence-corrected chi connectivity index (χ2v) is 23.1. The van der Waals surface area contributed by atoms with Gasteiger partial charge in [0.15, 0.2) is 0 Å². The molecule has 12 nitrogen and oxygen atoms in total. The van der Waals surface area contributed by atoms with E-state index in [-0.39, 0.29) is 88.6 Å². The third kappa shape index (κ3) is 10.4. The molecule has 0 heterocycles. The molecule has 0 amide bonds. The predicted molar refractivity (Wildman–Crippen MR) is 290 cm³/mol. The summed E-state index contributed by atoms with van der Waals surface area (Å²) in [5, 5.41) is 78.0. The van der Waals surface area contributed by atoms with Crippen molar-refractivity contribution >= 4 is 110 Å². The molecule has 72 heavy (non-hydrogen) atoms. The lowest BCUT2D eigenvalue weighted by Gasteiger charge is -2.36. The van der Waals surface area contributed by atoms with E-state index in [1.165, 1.54) is 33.4 Å². The summed E-state index contributed by atoms with van der Waals surface area (Å²) >= 11 is 14.4. The number of carbonyl (C=O) groups is 4. The molecule has 4 aromatic rings. The summed E-state index contributed by atoms with van der Waals surface area (Å²) in [4.78, 5) is 47.2. The molecule has 0 saturated carbocycles. The number of benzene rings is 4. The number of aliphatic hydroxyl groups is 4. The fraction of sp³-hybridized carbons (Fsp3) is 0.429. The highest BCUT2D eigenvalue weighted by atomic mass is 79.9. The van der Waals surface area contributed by atoms with E-state index >= 15 is 0 Å². The van der Waals surface area contributed by atoms with Gasteiger partial charge in [0.25, 0.3) is 0 Å². The molecule has 4 aromatic carbocycles. The van der Waals surface area contributed by atoms with Gasteiger partial charge < -0.3 is 40.9 Å². The first kappa shape index (κ1) is 55.7. The van der Waals surface area contributed by atoms with Crippen molar-refractivity contribution < 1.29 is 60.0 Å². The summed E-state index contributed by atoms with van der Waals surface area (Å²) in [7, 11) is 0. The number of allylic oxidation sites excluding steroid dienone is 4. The summed E-state index contributed by atoms with van der Waals surface area (Å²) in [5.74, 6) is -4.05. The maximum Gasteiger partial charge on any atom is 0.303 e. The highest BCUT2D eigenvalue weighted by Gasteiger charge is 2.58. The second kappa shape index (κ2) is 23.3. The first-order chi connectivity index (χ1) is 34.4. The van der Waals surface area contributed by atoms with E-state index in [1.54, 1.807) is 0 Å². The first-order valence-corrected chi connectivity index (χ1v) is 27.6. The van der Waals surface area contributed by atoms with Crippen LogP contribution in [-0.4, -0.2) is 91.2 Å². The molecule has 0 spiro atoms. The van der Waals surface area contributed by atoms with Crippen LogP contribution in [0.15, 0.2) is 90.7 Å². The van der Waals surface area contributed by atoms with Crippen LogP contribution in [0.4, 0.5) is 0 Å². The average molecular weight is 1240 g/mol. The molecule has 16 heteroatoms. The van der Waals surface area contributed by atoms with Crippen molar-refractivity contribution in [1.82, 2.24) is 0 Å². The Morgan fingerprint density at radius 1 is 0.333 bits per heavy atom. The van der Waals surface area contributed by atoms with Gasteiger partial charge in [0, 0.05) is 91.7 Å². The Bertz CT molecular complexity index is 2580. The fourth-order valence-electron chi connectivity index (χ4n) is 13.0. The molecular weight excluding hydrogens is 1180 g/mol. The lowest BCUT2D eigenvalue weighted by molar-refractivity contribution is -0.139. The number of hydrogen-bond acceptors (Lipinski definition) is 8. The number of fused-ring (bicyclic) bond motifs is 8. The molecule has 0 unspecified atom stereocenters. The van der Waals surface area contributed by atoms with E-state index in [9.17, 15) is 60.0 Å². The van der Waals surface area contributed by atoms with E-state index < -0.39 is 34.7 Å². The van der Waals surface area contributed by atoms with Crippen molar-refractivity contribution in [2.75, 3.05) is 26.4 Å². The van der Waals surface area contributed by atoms with Gasteiger partial charge in [-0.15, -0.1) is 0 Å². The summed E-state index contributed by atoms with van der Waals surface area (Å²) in [6.45, 7) is 0.501. The van der Waals surface area contributed by atoms with E-state index in [4.69, 9.17) is 0 Å². The highest BCUT2D eigenvalue weighted by Crippen LogP contribution is 2.69. The van der Waals surface area contributed by atoms with Gasteiger partial charge in [0.1, 0.15) is 0 Å². The van der Waals surface area contributed by atoms with Gasteiger partial charge in [0.2, 0.25) is 0 Å². The Kier molecular flexibility index (Phi) is 18.0. The van der Waals surface area contributed by atoms with Crippen LogP contribution in [0.5, 0.6) is 0 Å². The van der Waals surface area contributed by atoms with Crippen molar-refractivity contribution in [3.8, 4) is 0 Å². The van der Waals surface area contributed by atoms with Crippen LogP contribution in [0.3, 0.4) is 0 Å². The molecule has 0 bridgehead atoms. The normalized spacial score (nSPS) is 16.6. The van der Waals surface area contributed by atoms with E-state index in [1.807, 2.05) is 36.4 Å². The molecule has 0 aromatic heterocycles. The van der Waals surface area contributed by atoms with Crippen molar-refractivity contribution in [3.63, 3.8) is 0 Å². The minimum atomic E-state index is -1.01. The van der Waals surface area contributed by atoms with Crippen molar-refractivity contribution in [2.45, 2.75) is 124 Å². The van der Waals surface area contributed by atoms with Crippen LogP contribution in [0.1, 0.15) is 147 Å². The van der Waals surface area contributed by atoms with Gasteiger partial charge in [-0.25, -0.2) is 0 Å². The summed E-state index contributed by atoms with van der Waals surface area (Å²) < 4.78 is 3.53. The topological polar surface area (TPSA) is 230 Å². The molecule has 0 aliphatic heterocycles. The molecular formula is C56H60Br4O12. The third-order valence-electron chi connectivity index (χ3n) is 15.6. The highest BCUT2D eigenvalue weighted by molar-refractivity contribution is 9.11. The monoisotopic (exact) mass is 1240 g/mol. The first-order valence-electron chi connectivity index (χ1n) is 24.4. The zero-order valence-electron chi connectivity index (χ0n) is 39.8. The molecule has 0 fully saturated rings. The minimum Gasteiger partial charge on any atom is -0.481 e. The standard InChI is InChI=1S/C28H26Br2O8.C28H34Br2O4/c29-15-1-3-17-19(13-15)27(9-5-21(31)32,10-6-22(33)34)26-18-4-2-16(30)14-20(18)28(25(17)26,11-7-23(35)36)12-8-24(37)38;29-19-5-7-21-23(17-19)27(9-1-13-31,10-2-14-32)25-22-8-6-20(30)18-24(22)28(26(21)25,11-3-15-33)12-4-16-34/h1-4,13-14H,5-12H2,(H,31,32)(H,33,34)(H,35,36)(H,37,38);5-8,17-18,31-34H,1-4,9-16H2. The van der Waals surface area contributed by atoms with Crippen LogP contribution in [-0.2, 0) is 40.8 Å². The van der Waals surface area contributed by atoms with Gasteiger partial charge in [-0.3, -0.25) is 19.2 Å². The number of carboxylic acids is 4. The number of carboxylic acid groups (broad SMARTS) is 4. The van der Waals surface area contributed by atoms with Crippen LogP contribution in [0, 0.1) is 0 Å². The molecule has 8 rings (SSSR count). The minimum absolute atomic E-state index is 0.125. The van der Waals surface area contributed by atoms with Crippen LogP contribution in [0.2, 0.25) is 0 Å². The smallest absolute Gasteiger partial charge is 0.303 e. The maximum atomic E-state index is 11.8. The zero-order chi connectivity index (χ0) is 52.2. The Morgan fingerprint density at radius 3 is 0.708 bits per heavy atom. The zero-order valence-corrected chi connectivity index (χ0v) is 46.1.